The van der Waals surface area contributed by atoms with Crippen molar-refractivity contribution in [3.8, 4) is 11.5 Å². The zero-order valence-electron chi connectivity index (χ0n) is 15.8. The van der Waals surface area contributed by atoms with E-state index in [1.54, 1.807) is 0 Å². The SMILES string of the molecule is O=C1CCCC(=O)N1CCS(=O)(=O)N1CCCC(c2nnc(-c3ccsc3)o2)C1. The Bertz CT molecular complexity index is 970. The number of thiophene rings is 1. The smallest absolute Gasteiger partial charge is 0.248 e. The van der Waals surface area contributed by atoms with E-state index >= 15 is 0 Å². The lowest BCUT2D eigenvalue weighted by atomic mass is 10.00. The summed E-state index contributed by atoms with van der Waals surface area (Å²) in [4.78, 5) is 24.9. The van der Waals surface area contributed by atoms with Gasteiger partial charge >= 0.3 is 0 Å². The second-order valence-electron chi connectivity index (χ2n) is 7.26. The molecule has 29 heavy (non-hydrogen) atoms. The number of hydrogen-bond donors (Lipinski definition) is 0. The topological polar surface area (TPSA) is 114 Å². The molecule has 0 N–H and O–H groups in total. The van der Waals surface area contributed by atoms with Gasteiger partial charge in [0.25, 0.3) is 0 Å². The van der Waals surface area contributed by atoms with Crippen molar-refractivity contribution in [1.82, 2.24) is 19.4 Å². The van der Waals surface area contributed by atoms with E-state index in [2.05, 4.69) is 10.2 Å². The van der Waals surface area contributed by atoms with Gasteiger partial charge in [0.15, 0.2) is 0 Å². The molecule has 2 fully saturated rings. The molecule has 4 rings (SSSR count). The highest BCUT2D eigenvalue weighted by Crippen LogP contribution is 2.30. The maximum atomic E-state index is 12.8. The maximum Gasteiger partial charge on any atom is 0.248 e. The number of piperidine rings is 2. The van der Waals surface area contributed by atoms with Crippen molar-refractivity contribution in [2.24, 2.45) is 0 Å². The molecule has 1 atom stereocenters. The standard InChI is InChI=1S/C18H22N4O5S2/c23-15-4-1-5-16(24)22(15)8-10-29(25,26)21-7-2-3-13(11-21)17-19-20-18(27-17)14-6-9-28-12-14/h6,9,12-13H,1-5,7-8,10-11H2. The van der Waals surface area contributed by atoms with Gasteiger partial charge in [-0.3, -0.25) is 14.5 Å². The highest BCUT2D eigenvalue weighted by atomic mass is 32.2. The first-order valence-electron chi connectivity index (χ1n) is 9.61. The third-order valence-corrected chi connectivity index (χ3v) is 7.79. The normalized spacial score (nSPS) is 21.7. The maximum absolute atomic E-state index is 12.8. The summed E-state index contributed by atoms with van der Waals surface area (Å²) in [6.07, 6.45) is 2.57. The minimum atomic E-state index is -3.61. The van der Waals surface area contributed by atoms with E-state index in [1.165, 1.54) is 15.6 Å². The first kappa shape index (κ1) is 20.2. The zero-order chi connectivity index (χ0) is 20.4. The van der Waals surface area contributed by atoms with Crippen molar-refractivity contribution < 1.29 is 22.4 Å². The summed E-state index contributed by atoms with van der Waals surface area (Å²) in [6.45, 7) is 0.575. The molecule has 0 spiro atoms. The predicted octanol–water partition coefficient (Wildman–Crippen LogP) is 1.85. The van der Waals surface area contributed by atoms with Crippen molar-refractivity contribution >= 4 is 33.2 Å². The second kappa shape index (κ2) is 8.33. The van der Waals surface area contributed by atoms with E-state index in [-0.39, 0.29) is 36.6 Å². The van der Waals surface area contributed by atoms with Crippen LogP contribution in [-0.2, 0) is 19.6 Å². The highest BCUT2D eigenvalue weighted by Gasteiger charge is 2.34. The number of nitrogens with zero attached hydrogens (tertiary/aromatic N) is 4. The molecule has 2 aromatic heterocycles. The average molecular weight is 439 g/mol. The number of sulfonamides is 1. The van der Waals surface area contributed by atoms with Gasteiger partial charge in [0.1, 0.15) is 0 Å². The number of likely N-dealkylation sites (tertiary alicyclic amines) is 1. The van der Waals surface area contributed by atoms with Crippen LogP contribution in [0.4, 0.5) is 0 Å². The van der Waals surface area contributed by atoms with E-state index in [0.717, 1.165) is 16.9 Å². The first-order valence-corrected chi connectivity index (χ1v) is 12.2. The number of imide groups is 1. The summed E-state index contributed by atoms with van der Waals surface area (Å²) in [5.41, 5.74) is 0.852. The Hall–Kier alpha value is -2.11. The lowest BCUT2D eigenvalue weighted by molar-refractivity contribution is -0.147. The fourth-order valence-corrected chi connectivity index (χ4v) is 5.80. The largest absolute Gasteiger partial charge is 0.420 e. The van der Waals surface area contributed by atoms with Gasteiger partial charge in [-0.2, -0.15) is 11.3 Å². The number of rotatable bonds is 6. The summed E-state index contributed by atoms with van der Waals surface area (Å²) >= 11 is 1.53. The summed E-state index contributed by atoms with van der Waals surface area (Å²) < 4.78 is 32.8. The van der Waals surface area contributed by atoms with Crippen LogP contribution in [-0.4, -0.2) is 65.0 Å². The molecular formula is C18H22N4O5S2. The molecule has 11 heteroatoms. The van der Waals surface area contributed by atoms with Crippen LogP contribution in [0.5, 0.6) is 0 Å². The highest BCUT2D eigenvalue weighted by molar-refractivity contribution is 7.89. The molecule has 0 aliphatic carbocycles. The molecule has 2 aliphatic heterocycles. The summed E-state index contributed by atoms with van der Waals surface area (Å²) in [6, 6.07) is 1.89. The van der Waals surface area contributed by atoms with Gasteiger partial charge in [-0.05, 0) is 30.7 Å². The van der Waals surface area contributed by atoms with Crippen molar-refractivity contribution in [3.05, 3.63) is 22.7 Å². The molecule has 9 nitrogen and oxygen atoms in total. The van der Waals surface area contributed by atoms with Gasteiger partial charge in [0.2, 0.25) is 33.6 Å². The molecule has 0 radical (unpaired) electrons. The van der Waals surface area contributed by atoms with E-state index in [0.29, 0.717) is 44.0 Å². The minimum absolute atomic E-state index is 0.0932. The molecule has 156 valence electrons. The van der Waals surface area contributed by atoms with Crippen LogP contribution in [0.3, 0.4) is 0 Å². The van der Waals surface area contributed by atoms with Crippen LogP contribution in [0.15, 0.2) is 21.2 Å². The Balaban J connectivity index is 1.41. The van der Waals surface area contributed by atoms with Gasteiger partial charge in [0, 0.05) is 43.4 Å². The molecule has 2 saturated heterocycles. The van der Waals surface area contributed by atoms with Crippen LogP contribution in [0, 0.1) is 0 Å². The Labute approximate surface area is 172 Å². The number of amides is 2. The zero-order valence-corrected chi connectivity index (χ0v) is 17.5. The minimum Gasteiger partial charge on any atom is -0.420 e. The van der Waals surface area contributed by atoms with Gasteiger partial charge in [0.05, 0.1) is 11.7 Å². The summed E-state index contributed by atoms with van der Waals surface area (Å²) in [5, 5.41) is 12.0. The van der Waals surface area contributed by atoms with Crippen LogP contribution in [0.2, 0.25) is 0 Å². The first-order chi connectivity index (χ1) is 13.9. The fourth-order valence-electron chi connectivity index (χ4n) is 3.68. The molecule has 2 aliphatic rings. The second-order valence-corrected chi connectivity index (χ2v) is 10.1. The third-order valence-electron chi connectivity index (χ3n) is 5.29. The van der Waals surface area contributed by atoms with Crippen molar-refractivity contribution in [2.45, 2.75) is 38.0 Å². The van der Waals surface area contributed by atoms with Gasteiger partial charge in [-0.15, -0.1) is 10.2 Å². The summed E-state index contributed by atoms with van der Waals surface area (Å²) in [5.74, 6) is -0.145. The van der Waals surface area contributed by atoms with E-state index in [1.807, 2.05) is 16.8 Å². The monoisotopic (exact) mass is 438 g/mol. The Morgan fingerprint density at radius 1 is 1.17 bits per heavy atom. The predicted molar refractivity (Wildman–Crippen MR) is 106 cm³/mol. The number of carbonyl (C=O) groups excluding carboxylic acids is 2. The summed E-state index contributed by atoms with van der Waals surface area (Å²) in [7, 11) is -3.61. The fraction of sp³-hybridized carbons (Fsp3) is 0.556. The molecular weight excluding hydrogens is 416 g/mol. The molecule has 0 bridgehead atoms. The number of aromatic nitrogens is 2. The quantitative estimate of drug-likeness (QED) is 0.632. The van der Waals surface area contributed by atoms with E-state index in [4.69, 9.17) is 4.42 Å². The van der Waals surface area contributed by atoms with Gasteiger partial charge in [-0.1, -0.05) is 0 Å². The molecule has 4 heterocycles. The molecule has 0 saturated carbocycles. The molecule has 1 unspecified atom stereocenters. The van der Waals surface area contributed by atoms with Crippen molar-refractivity contribution in [1.29, 1.82) is 0 Å². The van der Waals surface area contributed by atoms with Crippen LogP contribution in [0.1, 0.15) is 43.9 Å². The van der Waals surface area contributed by atoms with Crippen LogP contribution < -0.4 is 0 Å². The number of carbonyl (C=O) groups is 2. The van der Waals surface area contributed by atoms with E-state index in [9.17, 15) is 18.0 Å². The van der Waals surface area contributed by atoms with Crippen LogP contribution >= 0.6 is 11.3 Å². The van der Waals surface area contributed by atoms with Crippen molar-refractivity contribution in [2.75, 3.05) is 25.4 Å². The molecule has 2 amide bonds. The Morgan fingerprint density at radius 2 is 1.97 bits per heavy atom. The lowest BCUT2D eigenvalue weighted by Gasteiger charge is -2.31. The van der Waals surface area contributed by atoms with Crippen LogP contribution in [0.25, 0.3) is 11.5 Å². The Morgan fingerprint density at radius 3 is 2.69 bits per heavy atom. The van der Waals surface area contributed by atoms with E-state index < -0.39 is 10.0 Å². The average Bonchev–Trinajstić information content (AvgIpc) is 3.39. The molecule has 2 aromatic rings. The Kier molecular flexibility index (Phi) is 5.79. The third kappa shape index (κ3) is 4.41. The molecule has 0 aromatic carbocycles. The number of hydrogen-bond acceptors (Lipinski definition) is 8. The lowest BCUT2D eigenvalue weighted by Crippen LogP contribution is -2.46. The van der Waals surface area contributed by atoms with Gasteiger partial charge in [-0.25, -0.2) is 12.7 Å². The van der Waals surface area contributed by atoms with Crippen molar-refractivity contribution in [3.63, 3.8) is 0 Å². The van der Waals surface area contributed by atoms with Gasteiger partial charge < -0.3 is 4.42 Å².